The van der Waals surface area contributed by atoms with Gasteiger partial charge in [0.1, 0.15) is 6.17 Å². The number of nitrogens with zero attached hydrogens (tertiary/aromatic N) is 1. The smallest absolute Gasteiger partial charge is 0.181 e. The Morgan fingerprint density at radius 3 is 1.87 bits per heavy atom. The maximum atomic E-state index is 3.88. The van der Waals surface area contributed by atoms with Crippen LogP contribution in [0.2, 0.25) is 0 Å². The van der Waals surface area contributed by atoms with E-state index < -0.39 is 8.07 Å². The average Bonchev–Trinajstić information content (AvgIpc) is 3.89. The van der Waals surface area contributed by atoms with Gasteiger partial charge < -0.3 is 10.2 Å². The van der Waals surface area contributed by atoms with Crippen LogP contribution in [-0.4, -0.2) is 8.07 Å². The largest absolute Gasteiger partial charge is 0.359 e. The van der Waals surface area contributed by atoms with Gasteiger partial charge in [0.05, 0.1) is 11.4 Å². The summed E-state index contributed by atoms with van der Waals surface area (Å²) >= 11 is 0. The summed E-state index contributed by atoms with van der Waals surface area (Å²) in [6.45, 7) is 2.22. The minimum Gasteiger partial charge on any atom is -0.359 e. The third-order valence-electron chi connectivity index (χ3n) is 14.4. The molecule has 0 amide bonds. The molecule has 10 aromatic rings. The van der Waals surface area contributed by atoms with Crippen LogP contribution in [0.3, 0.4) is 0 Å². The van der Waals surface area contributed by atoms with Crippen LogP contribution in [0.25, 0.3) is 43.8 Å². The molecule has 2 bridgehead atoms. The van der Waals surface area contributed by atoms with Crippen LogP contribution in [0.15, 0.2) is 218 Å². The molecule has 298 valence electrons. The SMILES string of the molecule is CCc1ccc2c(c1)NC(c1ccccc1)N2c1ccc(-c2c3ccccc3c([Si]3(c4ccccc4)c4cccc(c4)C4c5ccccc5-c5cccc3c54)c3ccccc23)cc1. The first kappa shape index (κ1) is 36.2. The Morgan fingerprint density at radius 1 is 0.508 bits per heavy atom. The maximum absolute atomic E-state index is 3.88. The first-order chi connectivity index (χ1) is 31.2. The van der Waals surface area contributed by atoms with E-state index in [0.717, 1.165) is 12.1 Å². The summed E-state index contributed by atoms with van der Waals surface area (Å²) in [5.41, 5.74) is 15.7. The fourth-order valence-corrected chi connectivity index (χ4v) is 17.2. The molecule has 3 heteroatoms. The summed E-state index contributed by atoms with van der Waals surface area (Å²) < 4.78 is 0. The second-order valence-corrected chi connectivity index (χ2v) is 21.1. The Balaban J connectivity index is 1.07. The van der Waals surface area contributed by atoms with Crippen LogP contribution < -0.4 is 31.0 Å². The first-order valence-electron chi connectivity index (χ1n) is 22.4. The molecule has 1 aliphatic carbocycles. The van der Waals surface area contributed by atoms with Crippen LogP contribution >= 0.6 is 0 Å². The molecule has 3 unspecified atom stereocenters. The van der Waals surface area contributed by atoms with E-state index in [9.17, 15) is 0 Å². The van der Waals surface area contributed by atoms with E-state index in [0.29, 0.717) is 0 Å². The van der Waals surface area contributed by atoms with E-state index in [1.807, 2.05) is 0 Å². The van der Waals surface area contributed by atoms with E-state index in [2.05, 4.69) is 236 Å². The quantitative estimate of drug-likeness (QED) is 0.133. The molecule has 2 aliphatic heterocycles. The van der Waals surface area contributed by atoms with Gasteiger partial charge >= 0.3 is 0 Å². The number of benzene rings is 10. The molecule has 3 atom stereocenters. The fourth-order valence-electron chi connectivity index (χ4n) is 11.7. The van der Waals surface area contributed by atoms with Gasteiger partial charge in [0.2, 0.25) is 0 Å². The van der Waals surface area contributed by atoms with E-state index in [4.69, 9.17) is 0 Å². The van der Waals surface area contributed by atoms with Crippen molar-refractivity contribution >= 4 is 67.4 Å². The van der Waals surface area contributed by atoms with E-state index >= 15 is 0 Å². The third kappa shape index (κ3) is 5.18. The van der Waals surface area contributed by atoms with Gasteiger partial charge in [0.15, 0.2) is 8.07 Å². The maximum Gasteiger partial charge on any atom is 0.181 e. The first-order valence-corrected chi connectivity index (χ1v) is 24.4. The van der Waals surface area contributed by atoms with Crippen LogP contribution in [0, 0.1) is 0 Å². The van der Waals surface area contributed by atoms with Crippen LogP contribution in [0.1, 0.15) is 46.8 Å². The zero-order valence-electron chi connectivity index (χ0n) is 35.1. The summed E-state index contributed by atoms with van der Waals surface area (Å²) in [6.07, 6.45) is 0.994. The molecule has 10 aromatic carbocycles. The number of hydrogen-bond donors (Lipinski definition) is 1. The second kappa shape index (κ2) is 14.0. The standard InChI is InChI=1S/C60H44N2Si/c1-2-39-31-36-54-53(37-39)61-60(41-17-5-3-6-18-41)62(54)43-34-32-40(33-35-43)56-49-25-11-13-27-51(49)59(52-28-14-12-26-50(52)56)63(44-20-7-4-8-21-44)45-22-15-19-42(38-45)57-47-24-10-9-23-46(47)48-29-16-30-55(63)58(48)57/h3-38,57,60-61H,2H2,1H3. The van der Waals surface area contributed by atoms with Crippen molar-refractivity contribution in [3.63, 3.8) is 0 Å². The Bertz CT molecular complexity index is 3370. The molecule has 0 fully saturated rings. The highest BCUT2D eigenvalue weighted by molar-refractivity contribution is 7.22. The van der Waals surface area contributed by atoms with Crippen molar-refractivity contribution in [2.24, 2.45) is 0 Å². The number of hydrogen-bond acceptors (Lipinski definition) is 2. The fraction of sp³-hybridized carbons (Fsp3) is 0.0667. The molecule has 2 nitrogen and oxygen atoms in total. The Kier molecular flexibility index (Phi) is 8.07. The lowest BCUT2D eigenvalue weighted by atomic mass is 9.89. The molecule has 0 saturated heterocycles. The van der Waals surface area contributed by atoms with Crippen molar-refractivity contribution < 1.29 is 0 Å². The summed E-state index contributed by atoms with van der Waals surface area (Å²) in [5, 5.41) is 14.9. The zero-order chi connectivity index (χ0) is 41.6. The Labute approximate surface area is 369 Å². The molecule has 0 spiro atoms. The van der Waals surface area contributed by atoms with Crippen LogP contribution in [0.4, 0.5) is 17.1 Å². The van der Waals surface area contributed by atoms with Gasteiger partial charge in [-0.3, -0.25) is 0 Å². The lowest BCUT2D eigenvalue weighted by molar-refractivity contribution is 0.828. The van der Waals surface area contributed by atoms with E-state index in [1.165, 1.54) is 104 Å². The molecule has 3 aliphatic rings. The van der Waals surface area contributed by atoms with Crippen molar-refractivity contribution in [2.45, 2.75) is 25.4 Å². The predicted molar refractivity (Wildman–Crippen MR) is 268 cm³/mol. The van der Waals surface area contributed by atoms with Gasteiger partial charge in [0.25, 0.3) is 0 Å². The monoisotopic (exact) mass is 820 g/mol. The van der Waals surface area contributed by atoms with Crippen molar-refractivity contribution in [3.8, 4) is 22.3 Å². The highest BCUT2D eigenvalue weighted by atomic mass is 28.3. The normalized spacial score (nSPS) is 17.8. The highest BCUT2D eigenvalue weighted by Gasteiger charge is 2.50. The second-order valence-electron chi connectivity index (χ2n) is 17.4. The third-order valence-corrected chi connectivity index (χ3v) is 19.3. The Morgan fingerprint density at radius 2 is 1.13 bits per heavy atom. The van der Waals surface area contributed by atoms with Gasteiger partial charge in [0, 0.05) is 11.6 Å². The van der Waals surface area contributed by atoms with Crippen molar-refractivity contribution in [2.75, 3.05) is 10.2 Å². The van der Waals surface area contributed by atoms with Gasteiger partial charge in [-0.25, -0.2) is 0 Å². The van der Waals surface area contributed by atoms with Gasteiger partial charge in [-0.1, -0.05) is 201 Å². The molecule has 2 heterocycles. The Hall–Kier alpha value is -7.46. The predicted octanol–water partition coefficient (Wildman–Crippen LogP) is 12.3. The van der Waals surface area contributed by atoms with Gasteiger partial charge in [-0.15, -0.1) is 0 Å². The lowest BCUT2D eigenvalue weighted by Crippen LogP contribution is -2.75. The van der Waals surface area contributed by atoms with Crippen molar-refractivity contribution in [1.82, 2.24) is 0 Å². The molecule has 0 aromatic heterocycles. The molecular formula is C60H44N2Si. The molecule has 13 rings (SSSR count). The van der Waals surface area contributed by atoms with Gasteiger partial charge in [-0.05, 0) is 123 Å². The topological polar surface area (TPSA) is 15.3 Å². The molecule has 1 N–H and O–H groups in total. The van der Waals surface area contributed by atoms with Crippen LogP contribution in [-0.2, 0) is 6.42 Å². The number of aryl methyl sites for hydroxylation is 1. The molecular weight excluding hydrogens is 777 g/mol. The molecule has 0 radical (unpaired) electrons. The number of nitrogens with one attached hydrogen (secondary N) is 1. The van der Waals surface area contributed by atoms with Crippen LogP contribution in [0.5, 0.6) is 0 Å². The summed E-state index contributed by atoms with van der Waals surface area (Å²) in [7, 11) is -3.04. The number of fused-ring (bicyclic) bond motifs is 9. The lowest BCUT2D eigenvalue weighted by Gasteiger charge is -2.37. The number of rotatable bonds is 6. The minimum absolute atomic E-state index is 0.0101. The van der Waals surface area contributed by atoms with E-state index in [1.54, 1.807) is 0 Å². The highest BCUT2D eigenvalue weighted by Crippen LogP contribution is 2.50. The average molecular weight is 821 g/mol. The minimum atomic E-state index is -3.04. The zero-order valence-corrected chi connectivity index (χ0v) is 36.1. The summed E-state index contributed by atoms with van der Waals surface area (Å²) in [5.74, 6) is 0.189. The van der Waals surface area contributed by atoms with Crippen molar-refractivity contribution in [3.05, 3.63) is 246 Å². The molecule has 63 heavy (non-hydrogen) atoms. The summed E-state index contributed by atoms with van der Waals surface area (Å²) in [4.78, 5) is 2.46. The van der Waals surface area contributed by atoms with E-state index in [-0.39, 0.29) is 12.1 Å². The van der Waals surface area contributed by atoms with Gasteiger partial charge in [-0.2, -0.15) is 0 Å². The van der Waals surface area contributed by atoms with Crippen molar-refractivity contribution in [1.29, 1.82) is 0 Å². The number of anilines is 3. The summed E-state index contributed by atoms with van der Waals surface area (Å²) in [6, 6.07) is 83.3. The molecule has 0 saturated carbocycles.